The number of benzene rings is 2. The van der Waals surface area contributed by atoms with Gasteiger partial charge in [0.15, 0.2) is 23.0 Å². The van der Waals surface area contributed by atoms with E-state index in [1.54, 1.807) is 28.4 Å². The van der Waals surface area contributed by atoms with Crippen LogP contribution in [0.4, 0.5) is 0 Å². The van der Waals surface area contributed by atoms with Gasteiger partial charge >= 0.3 is 11.9 Å². The van der Waals surface area contributed by atoms with E-state index in [-0.39, 0.29) is 5.91 Å². The molecule has 1 aliphatic heterocycles. The topological polar surface area (TPSA) is 135 Å². The molecule has 2 aromatic carbocycles. The summed E-state index contributed by atoms with van der Waals surface area (Å²) in [6, 6.07) is 8.28. The number of hydrogen-bond donors (Lipinski definition) is 2. The van der Waals surface area contributed by atoms with Crippen molar-refractivity contribution in [2.24, 2.45) is 0 Å². The van der Waals surface area contributed by atoms with Gasteiger partial charge < -0.3 is 39.0 Å². The second kappa shape index (κ2) is 15.1. The zero-order chi connectivity index (χ0) is 30.8. The third-order valence-electron chi connectivity index (χ3n) is 7.52. The molecular formula is C31H40N2O9. The molecule has 0 radical (unpaired) electrons. The Balaban J connectivity index is 0.000000531. The molecule has 42 heavy (non-hydrogen) atoms. The zero-order valence-electron chi connectivity index (χ0n) is 24.8. The van der Waals surface area contributed by atoms with Crippen LogP contribution in [0.2, 0.25) is 0 Å². The van der Waals surface area contributed by atoms with Crippen LogP contribution in [-0.4, -0.2) is 99.5 Å². The lowest BCUT2D eigenvalue weighted by atomic mass is 9.77. The number of ether oxygens (including phenoxy) is 4. The van der Waals surface area contributed by atoms with Gasteiger partial charge in [-0.05, 0) is 72.8 Å². The van der Waals surface area contributed by atoms with Crippen LogP contribution in [0.5, 0.6) is 23.0 Å². The normalized spacial score (nSPS) is 15.4. The van der Waals surface area contributed by atoms with Crippen molar-refractivity contribution < 1.29 is 43.5 Å². The first-order valence-corrected chi connectivity index (χ1v) is 13.7. The van der Waals surface area contributed by atoms with Gasteiger partial charge in [0.25, 0.3) is 0 Å². The molecule has 1 aliphatic carbocycles. The van der Waals surface area contributed by atoms with Gasteiger partial charge in [-0.25, -0.2) is 9.59 Å². The standard InChI is InChI=1S/C27H36N2O5.C4H4O4/c1-28(17-21-12-20-15-25(33-4)26(34-5)16-22(20)21)9-8-27(30)29-10-6-18-13-23(31-2)24(32-3)14-19(18)7-11-29;5-3(6)1-2-4(7)8/h13-16,21H,6-12,17H2,1-5H3;1-2H,(H,5,6)(H,7,8)/t21-;/m1./s1. The fourth-order valence-corrected chi connectivity index (χ4v) is 5.26. The lowest BCUT2D eigenvalue weighted by Crippen LogP contribution is -2.37. The van der Waals surface area contributed by atoms with Gasteiger partial charge in [0, 0.05) is 50.7 Å². The van der Waals surface area contributed by atoms with Crippen molar-refractivity contribution in [3.8, 4) is 23.0 Å². The Hall–Kier alpha value is -4.25. The number of nitrogens with zero attached hydrogens (tertiary/aromatic N) is 2. The molecule has 0 saturated heterocycles. The maximum absolute atomic E-state index is 13.0. The summed E-state index contributed by atoms with van der Waals surface area (Å²) in [6.45, 7) is 3.16. The summed E-state index contributed by atoms with van der Waals surface area (Å²) >= 11 is 0. The summed E-state index contributed by atoms with van der Waals surface area (Å²) < 4.78 is 21.8. The number of likely N-dealkylation sites (N-methyl/N-ethyl adjacent to an activating group) is 1. The number of methoxy groups -OCH3 is 4. The summed E-state index contributed by atoms with van der Waals surface area (Å²) in [6.07, 6.45) is 4.35. The SMILES string of the molecule is COc1cc2c(cc1OC)CCN(C(=O)CCN(C)C[C@H]1Cc3cc(OC)c(OC)cc31)CC2.O=C(O)C=CC(=O)O. The fraction of sp³-hybridized carbons (Fsp3) is 0.452. The largest absolute Gasteiger partial charge is 0.493 e. The molecule has 0 saturated carbocycles. The third-order valence-corrected chi connectivity index (χ3v) is 7.52. The van der Waals surface area contributed by atoms with Crippen molar-refractivity contribution in [3.63, 3.8) is 0 Å². The minimum atomic E-state index is -1.26. The summed E-state index contributed by atoms with van der Waals surface area (Å²) in [5, 5.41) is 15.6. The number of carboxylic acids is 2. The highest BCUT2D eigenvalue weighted by atomic mass is 16.5. The van der Waals surface area contributed by atoms with Crippen LogP contribution in [0, 0.1) is 0 Å². The first kappa shape index (κ1) is 32.3. The molecular weight excluding hydrogens is 544 g/mol. The van der Waals surface area contributed by atoms with Crippen molar-refractivity contribution in [3.05, 3.63) is 58.7 Å². The highest BCUT2D eigenvalue weighted by molar-refractivity contribution is 5.89. The van der Waals surface area contributed by atoms with E-state index in [0.717, 1.165) is 68.4 Å². The average molecular weight is 585 g/mol. The van der Waals surface area contributed by atoms with Crippen molar-refractivity contribution >= 4 is 17.8 Å². The van der Waals surface area contributed by atoms with Gasteiger partial charge in [0.05, 0.1) is 28.4 Å². The maximum Gasteiger partial charge on any atom is 0.328 e. The van der Waals surface area contributed by atoms with Crippen LogP contribution in [0.1, 0.15) is 34.6 Å². The molecule has 0 fully saturated rings. The van der Waals surface area contributed by atoms with Crippen LogP contribution in [-0.2, 0) is 33.6 Å². The van der Waals surface area contributed by atoms with E-state index in [1.807, 2.05) is 4.90 Å². The number of hydrogen-bond acceptors (Lipinski definition) is 8. The van der Waals surface area contributed by atoms with Gasteiger partial charge in [-0.15, -0.1) is 0 Å². The number of amides is 1. The number of rotatable bonds is 11. The molecule has 2 aliphatic rings. The van der Waals surface area contributed by atoms with E-state index in [2.05, 4.69) is 36.2 Å². The molecule has 0 bridgehead atoms. The minimum Gasteiger partial charge on any atom is -0.493 e. The van der Waals surface area contributed by atoms with E-state index in [0.29, 0.717) is 24.5 Å². The second-order valence-electron chi connectivity index (χ2n) is 10.2. The molecule has 228 valence electrons. The first-order valence-electron chi connectivity index (χ1n) is 13.7. The highest BCUT2D eigenvalue weighted by Gasteiger charge is 2.29. The van der Waals surface area contributed by atoms with E-state index >= 15 is 0 Å². The molecule has 2 aromatic rings. The van der Waals surface area contributed by atoms with Gasteiger partial charge in [0.2, 0.25) is 5.91 Å². The Bertz CT molecular complexity index is 1260. The Kier molecular flexibility index (Phi) is 11.6. The lowest BCUT2D eigenvalue weighted by molar-refractivity contribution is -0.134. The zero-order valence-corrected chi connectivity index (χ0v) is 24.8. The van der Waals surface area contributed by atoms with Crippen LogP contribution in [0.15, 0.2) is 36.4 Å². The van der Waals surface area contributed by atoms with Gasteiger partial charge in [-0.1, -0.05) is 0 Å². The summed E-state index contributed by atoms with van der Waals surface area (Å²) in [4.78, 5) is 36.4. The number of carboxylic acid groups (broad SMARTS) is 2. The van der Waals surface area contributed by atoms with Gasteiger partial charge in [0.1, 0.15) is 0 Å². The molecule has 11 heteroatoms. The summed E-state index contributed by atoms with van der Waals surface area (Å²) in [7, 11) is 8.75. The molecule has 1 heterocycles. The number of carbonyl (C=O) groups excluding carboxylic acids is 1. The summed E-state index contributed by atoms with van der Waals surface area (Å²) in [5.74, 6) is 1.23. The maximum atomic E-state index is 13.0. The molecule has 0 spiro atoms. The molecule has 2 N–H and O–H groups in total. The Morgan fingerprint density at radius 1 is 0.810 bits per heavy atom. The number of aliphatic carboxylic acids is 2. The number of fused-ring (bicyclic) bond motifs is 2. The average Bonchev–Trinajstić information content (AvgIpc) is 3.19. The van der Waals surface area contributed by atoms with Crippen molar-refractivity contribution in [2.75, 3.05) is 61.7 Å². The van der Waals surface area contributed by atoms with E-state index in [4.69, 9.17) is 29.2 Å². The predicted octanol–water partition coefficient (Wildman–Crippen LogP) is 3.02. The first-order chi connectivity index (χ1) is 20.1. The third kappa shape index (κ3) is 8.39. The molecule has 4 rings (SSSR count). The quantitative estimate of drug-likeness (QED) is 0.380. The monoisotopic (exact) mass is 584 g/mol. The van der Waals surface area contributed by atoms with Gasteiger partial charge in [-0.3, -0.25) is 4.79 Å². The van der Waals surface area contributed by atoms with Crippen molar-refractivity contribution in [1.82, 2.24) is 9.80 Å². The molecule has 1 atom stereocenters. The predicted molar refractivity (Wildman–Crippen MR) is 156 cm³/mol. The molecule has 11 nitrogen and oxygen atoms in total. The number of carbonyl (C=O) groups is 3. The Morgan fingerprint density at radius 2 is 1.26 bits per heavy atom. The van der Waals surface area contributed by atoms with Crippen LogP contribution < -0.4 is 18.9 Å². The smallest absolute Gasteiger partial charge is 0.328 e. The fourth-order valence-electron chi connectivity index (χ4n) is 5.26. The molecule has 0 unspecified atom stereocenters. The van der Waals surface area contributed by atoms with E-state index in [9.17, 15) is 14.4 Å². The summed E-state index contributed by atoms with van der Waals surface area (Å²) in [5.41, 5.74) is 5.12. The van der Waals surface area contributed by atoms with E-state index < -0.39 is 11.9 Å². The van der Waals surface area contributed by atoms with Crippen molar-refractivity contribution in [2.45, 2.75) is 31.6 Å². The highest BCUT2D eigenvalue weighted by Crippen LogP contribution is 2.42. The second-order valence-corrected chi connectivity index (χ2v) is 10.2. The van der Waals surface area contributed by atoms with Crippen molar-refractivity contribution in [1.29, 1.82) is 0 Å². The van der Waals surface area contributed by atoms with Crippen LogP contribution in [0.25, 0.3) is 0 Å². The van der Waals surface area contributed by atoms with Crippen LogP contribution in [0.3, 0.4) is 0 Å². The minimum absolute atomic E-state index is 0.221. The molecule has 0 aromatic heterocycles. The molecule has 1 amide bonds. The Morgan fingerprint density at radius 3 is 1.71 bits per heavy atom. The Labute approximate surface area is 246 Å². The van der Waals surface area contributed by atoms with Gasteiger partial charge in [-0.2, -0.15) is 0 Å². The lowest BCUT2D eigenvalue weighted by Gasteiger charge is -2.34. The van der Waals surface area contributed by atoms with Crippen LogP contribution >= 0.6 is 0 Å². The van der Waals surface area contributed by atoms with E-state index in [1.165, 1.54) is 22.3 Å².